The molecule has 2 nitrogen and oxygen atoms in total. The number of hydrogen-bond acceptors (Lipinski definition) is 2. The highest BCUT2D eigenvalue weighted by atomic mass is 16.3. The van der Waals surface area contributed by atoms with Crippen LogP contribution in [-0.4, -0.2) is 28.6 Å². The van der Waals surface area contributed by atoms with Gasteiger partial charge >= 0.3 is 0 Å². The van der Waals surface area contributed by atoms with E-state index in [0.717, 1.165) is 25.1 Å². The van der Waals surface area contributed by atoms with E-state index in [2.05, 4.69) is 49.9 Å². The van der Waals surface area contributed by atoms with Crippen LogP contribution in [0.2, 0.25) is 0 Å². The Morgan fingerprint density at radius 3 is 2.40 bits per heavy atom. The van der Waals surface area contributed by atoms with Gasteiger partial charge in [0.2, 0.25) is 0 Å². The zero-order valence-corrected chi connectivity index (χ0v) is 13.2. The lowest BCUT2D eigenvalue weighted by Crippen LogP contribution is -2.48. The molecule has 0 spiro atoms. The predicted octanol–water partition coefficient (Wildman–Crippen LogP) is 3.94. The standard InChI is InChI=1S/C18H29NO/c1-4-15-10-9-11-16(14-15)17(20)18(2,3)19-12-7-5-6-8-13-19/h9-11,14,17,20H,4-8,12-13H2,1-3H3. The van der Waals surface area contributed by atoms with E-state index in [1.807, 2.05) is 0 Å². The minimum absolute atomic E-state index is 0.198. The molecule has 1 heterocycles. The number of aryl methyl sites for hydroxylation is 1. The molecular formula is C18H29NO. The molecule has 20 heavy (non-hydrogen) atoms. The number of likely N-dealkylation sites (tertiary alicyclic amines) is 1. The first-order valence-electron chi connectivity index (χ1n) is 8.07. The molecule has 0 amide bonds. The van der Waals surface area contributed by atoms with Crippen molar-refractivity contribution in [1.82, 2.24) is 4.90 Å². The molecule has 0 bridgehead atoms. The van der Waals surface area contributed by atoms with E-state index >= 15 is 0 Å². The van der Waals surface area contributed by atoms with Crippen LogP contribution >= 0.6 is 0 Å². The van der Waals surface area contributed by atoms with Crippen LogP contribution in [0.3, 0.4) is 0 Å². The average Bonchev–Trinajstić information content (AvgIpc) is 2.76. The summed E-state index contributed by atoms with van der Waals surface area (Å²) in [6.45, 7) is 8.74. The highest BCUT2D eigenvalue weighted by Gasteiger charge is 2.35. The maximum Gasteiger partial charge on any atom is 0.0968 e. The van der Waals surface area contributed by atoms with Crippen molar-refractivity contribution < 1.29 is 5.11 Å². The lowest BCUT2D eigenvalue weighted by molar-refractivity contribution is -0.0100. The number of hydrogen-bond donors (Lipinski definition) is 1. The van der Waals surface area contributed by atoms with Gasteiger partial charge in [0.25, 0.3) is 0 Å². The normalized spacial score (nSPS) is 19.6. The topological polar surface area (TPSA) is 23.5 Å². The second-order valence-electron chi connectivity index (χ2n) is 6.56. The molecular weight excluding hydrogens is 246 g/mol. The van der Waals surface area contributed by atoms with Gasteiger partial charge in [0.1, 0.15) is 0 Å². The summed E-state index contributed by atoms with van der Waals surface area (Å²) in [4.78, 5) is 2.48. The van der Waals surface area contributed by atoms with Crippen molar-refractivity contribution in [2.45, 2.75) is 64.5 Å². The summed E-state index contributed by atoms with van der Waals surface area (Å²) in [5.74, 6) is 0. The van der Waals surface area contributed by atoms with Gasteiger partial charge in [0, 0.05) is 5.54 Å². The largest absolute Gasteiger partial charge is 0.386 e. The quantitative estimate of drug-likeness (QED) is 0.899. The molecule has 1 aliphatic rings. The molecule has 2 rings (SSSR count). The molecule has 1 aromatic rings. The van der Waals surface area contributed by atoms with Crippen LogP contribution in [0.4, 0.5) is 0 Å². The van der Waals surface area contributed by atoms with Crippen molar-refractivity contribution in [3.05, 3.63) is 35.4 Å². The molecule has 1 fully saturated rings. The Morgan fingerprint density at radius 2 is 1.80 bits per heavy atom. The van der Waals surface area contributed by atoms with Gasteiger partial charge in [0.05, 0.1) is 6.10 Å². The van der Waals surface area contributed by atoms with Crippen molar-refractivity contribution in [3.8, 4) is 0 Å². The summed E-state index contributed by atoms with van der Waals surface area (Å²) in [5, 5.41) is 10.9. The predicted molar refractivity (Wildman–Crippen MR) is 84.9 cm³/mol. The molecule has 2 heteroatoms. The Balaban J connectivity index is 2.17. The Hall–Kier alpha value is -0.860. The van der Waals surface area contributed by atoms with Crippen molar-refractivity contribution in [2.75, 3.05) is 13.1 Å². The Kier molecular flexibility index (Phi) is 5.22. The lowest BCUT2D eigenvalue weighted by atomic mass is 9.88. The summed E-state index contributed by atoms with van der Waals surface area (Å²) in [6.07, 6.45) is 5.76. The molecule has 0 aromatic heterocycles. The summed E-state index contributed by atoms with van der Waals surface area (Å²) in [6, 6.07) is 8.42. The zero-order valence-electron chi connectivity index (χ0n) is 13.2. The first-order chi connectivity index (χ1) is 9.55. The van der Waals surface area contributed by atoms with Crippen LogP contribution in [0, 0.1) is 0 Å². The first-order valence-corrected chi connectivity index (χ1v) is 8.07. The number of rotatable bonds is 4. The highest BCUT2D eigenvalue weighted by molar-refractivity contribution is 5.27. The minimum Gasteiger partial charge on any atom is -0.386 e. The molecule has 1 N–H and O–H groups in total. The Morgan fingerprint density at radius 1 is 1.15 bits per heavy atom. The second-order valence-corrected chi connectivity index (χ2v) is 6.56. The van der Waals surface area contributed by atoms with E-state index in [1.165, 1.54) is 31.2 Å². The second kappa shape index (κ2) is 6.73. The van der Waals surface area contributed by atoms with Crippen molar-refractivity contribution in [3.63, 3.8) is 0 Å². The van der Waals surface area contributed by atoms with Crippen molar-refractivity contribution in [2.24, 2.45) is 0 Å². The molecule has 0 radical (unpaired) electrons. The van der Waals surface area contributed by atoms with E-state index in [4.69, 9.17) is 0 Å². The maximum absolute atomic E-state index is 10.9. The van der Waals surface area contributed by atoms with Gasteiger partial charge < -0.3 is 5.11 Å². The van der Waals surface area contributed by atoms with E-state index in [-0.39, 0.29) is 5.54 Å². The monoisotopic (exact) mass is 275 g/mol. The number of aliphatic hydroxyl groups is 1. The molecule has 1 aromatic carbocycles. The average molecular weight is 275 g/mol. The molecule has 1 aliphatic heterocycles. The van der Waals surface area contributed by atoms with Gasteiger partial charge in [-0.1, -0.05) is 44.0 Å². The number of benzene rings is 1. The van der Waals surface area contributed by atoms with Gasteiger partial charge in [-0.15, -0.1) is 0 Å². The summed E-state index contributed by atoms with van der Waals surface area (Å²) in [7, 11) is 0. The van der Waals surface area contributed by atoms with Crippen LogP contribution in [0.25, 0.3) is 0 Å². The van der Waals surface area contributed by atoms with Crippen LogP contribution in [0.15, 0.2) is 24.3 Å². The van der Waals surface area contributed by atoms with Crippen LogP contribution in [0.1, 0.15) is 63.7 Å². The van der Waals surface area contributed by atoms with Crippen LogP contribution in [0.5, 0.6) is 0 Å². The number of nitrogens with zero attached hydrogens (tertiary/aromatic N) is 1. The van der Waals surface area contributed by atoms with E-state index in [9.17, 15) is 5.11 Å². The molecule has 0 saturated carbocycles. The summed E-state index contributed by atoms with van der Waals surface area (Å²) in [5.41, 5.74) is 2.16. The molecule has 1 atom stereocenters. The van der Waals surface area contributed by atoms with Gasteiger partial charge in [0.15, 0.2) is 0 Å². The maximum atomic E-state index is 10.9. The molecule has 1 saturated heterocycles. The molecule has 0 aliphatic carbocycles. The third-order valence-corrected chi connectivity index (χ3v) is 4.77. The first kappa shape index (κ1) is 15.5. The fraction of sp³-hybridized carbons (Fsp3) is 0.667. The van der Waals surface area contributed by atoms with Crippen LogP contribution in [-0.2, 0) is 6.42 Å². The minimum atomic E-state index is -0.424. The highest BCUT2D eigenvalue weighted by Crippen LogP contribution is 2.33. The summed E-state index contributed by atoms with van der Waals surface area (Å²) < 4.78 is 0. The van der Waals surface area contributed by atoms with Crippen molar-refractivity contribution in [1.29, 1.82) is 0 Å². The Labute approximate surface area is 123 Å². The fourth-order valence-electron chi connectivity index (χ4n) is 3.21. The van der Waals surface area contributed by atoms with Gasteiger partial charge in [-0.05, 0) is 57.3 Å². The molecule has 112 valence electrons. The third-order valence-electron chi connectivity index (χ3n) is 4.77. The van der Waals surface area contributed by atoms with Crippen molar-refractivity contribution >= 4 is 0 Å². The third kappa shape index (κ3) is 3.42. The zero-order chi connectivity index (χ0) is 14.6. The van der Waals surface area contributed by atoms with E-state index in [0.29, 0.717) is 0 Å². The molecule has 1 unspecified atom stereocenters. The van der Waals surface area contributed by atoms with Gasteiger partial charge in [-0.2, -0.15) is 0 Å². The van der Waals surface area contributed by atoms with E-state index in [1.54, 1.807) is 0 Å². The lowest BCUT2D eigenvalue weighted by Gasteiger charge is -2.41. The fourth-order valence-corrected chi connectivity index (χ4v) is 3.21. The smallest absolute Gasteiger partial charge is 0.0968 e. The SMILES string of the molecule is CCc1cccc(C(O)C(C)(C)N2CCCCCC2)c1. The number of aliphatic hydroxyl groups excluding tert-OH is 1. The van der Waals surface area contributed by atoms with Gasteiger partial charge in [-0.3, -0.25) is 4.90 Å². The van der Waals surface area contributed by atoms with Gasteiger partial charge in [-0.25, -0.2) is 0 Å². The summed E-state index contributed by atoms with van der Waals surface area (Å²) >= 11 is 0. The Bertz CT molecular complexity index is 419. The van der Waals surface area contributed by atoms with Crippen LogP contribution < -0.4 is 0 Å². The van der Waals surface area contributed by atoms with E-state index < -0.39 is 6.10 Å².